The van der Waals surface area contributed by atoms with E-state index in [4.69, 9.17) is 16.3 Å². The average molecular weight is 370 g/mol. The molecule has 0 saturated carbocycles. The number of benzene rings is 2. The molecule has 3 rings (SSSR count). The summed E-state index contributed by atoms with van der Waals surface area (Å²) < 4.78 is 20.2. The second-order valence-corrected chi connectivity index (χ2v) is 6.56. The molecule has 4 heteroatoms. The third-order valence-corrected chi connectivity index (χ3v) is 4.74. The Morgan fingerprint density at radius 3 is 2.71 bits per heavy atom. The van der Waals surface area contributed by atoms with E-state index >= 15 is 0 Å². The SMILES string of the molecule is Fc1ccc2c(c1)CC(CC(CCl)c1ccc(Br)cc1)O2. The number of hydrogen-bond acceptors (Lipinski definition) is 1. The maximum atomic E-state index is 13.2. The van der Waals surface area contributed by atoms with E-state index in [9.17, 15) is 4.39 Å². The van der Waals surface area contributed by atoms with Crippen LogP contribution in [0.15, 0.2) is 46.9 Å². The molecule has 0 radical (unpaired) electrons. The highest BCUT2D eigenvalue weighted by molar-refractivity contribution is 9.10. The highest BCUT2D eigenvalue weighted by Crippen LogP contribution is 2.34. The monoisotopic (exact) mass is 368 g/mol. The van der Waals surface area contributed by atoms with Gasteiger partial charge in [0.1, 0.15) is 17.7 Å². The first-order valence-corrected chi connectivity index (χ1v) is 8.25. The van der Waals surface area contributed by atoms with Gasteiger partial charge in [-0.3, -0.25) is 0 Å². The van der Waals surface area contributed by atoms with Gasteiger partial charge in [-0.25, -0.2) is 4.39 Å². The maximum absolute atomic E-state index is 13.2. The van der Waals surface area contributed by atoms with E-state index in [1.807, 2.05) is 12.1 Å². The molecule has 0 N–H and O–H groups in total. The summed E-state index contributed by atoms with van der Waals surface area (Å²) in [7, 11) is 0. The molecule has 0 aromatic heterocycles. The van der Waals surface area contributed by atoms with Crippen LogP contribution in [0.25, 0.3) is 0 Å². The van der Waals surface area contributed by atoms with Crippen molar-refractivity contribution in [2.75, 3.05) is 5.88 Å². The van der Waals surface area contributed by atoms with Crippen LogP contribution in [-0.2, 0) is 6.42 Å². The van der Waals surface area contributed by atoms with Gasteiger partial charge in [-0.2, -0.15) is 0 Å². The maximum Gasteiger partial charge on any atom is 0.123 e. The van der Waals surface area contributed by atoms with E-state index in [2.05, 4.69) is 28.1 Å². The zero-order valence-corrected chi connectivity index (χ0v) is 13.7. The molecular formula is C17H15BrClFO. The van der Waals surface area contributed by atoms with Gasteiger partial charge in [0, 0.05) is 28.3 Å². The van der Waals surface area contributed by atoms with E-state index in [1.165, 1.54) is 11.6 Å². The van der Waals surface area contributed by atoms with E-state index in [1.54, 1.807) is 12.1 Å². The highest BCUT2D eigenvalue weighted by Gasteiger charge is 2.26. The molecule has 0 saturated heterocycles. The number of alkyl halides is 1. The Morgan fingerprint density at radius 2 is 2.00 bits per heavy atom. The van der Waals surface area contributed by atoms with Crippen LogP contribution in [0.5, 0.6) is 5.75 Å². The largest absolute Gasteiger partial charge is 0.490 e. The minimum absolute atomic E-state index is 0.0641. The standard InChI is InChI=1S/C17H15BrClFO/c18-14-3-1-11(2-4-14)13(10-19)9-16-8-12-7-15(20)5-6-17(12)21-16/h1-7,13,16H,8-10H2. The third kappa shape index (κ3) is 3.41. The lowest BCUT2D eigenvalue weighted by molar-refractivity contribution is 0.213. The van der Waals surface area contributed by atoms with Crippen molar-refractivity contribution in [1.82, 2.24) is 0 Å². The summed E-state index contributed by atoms with van der Waals surface area (Å²) in [5.41, 5.74) is 2.16. The fourth-order valence-corrected chi connectivity index (χ4v) is 3.33. The van der Waals surface area contributed by atoms with E-state index < -0.39 is 0 Å². The number of ether oxygens (including phenoxy) is 1. The molecule has 1 nitrogen and oxygen atoms in total. The van der Waals surface area contributed by atoms with Gasteiger partial charge in [0.15, 0.2) is 0 Å². The smallest absolute Gasteiger partial charge is 0.123 e. The van der Waals surface area contributed by atoms with Gasteiger partial charge in [0.25, 0.3) is 0 Å². The van der Waals surface area contributed by atoms with Gasteiger partial charge in [-0.1, -0.05) is 28.1 Å². The van der Waals surface area contributed by atoms with Crippen molar-refractivity contribution in [2.24, 2.45) is 0 Å². The Kier molecular flexibility index (Phi) is 4.51. The lowest BCUT2D eigenvalue weighted by atomic mass is 9.93. The highest BCUT2D eigenvalue weighted by atomic mass is 79.9. The first kappa shape index (κ1) is 14.9. The molecule has 110 valence electrons. The van der Waals surface area contributed by atoms with E-state index in [0.29, 0.717) is 5.88 Å². The van der Waals surface area contributed by atoms with Crippen LogP contribution in [0, 0.1) is 5.82 Å². The van der Waals surface area contributed by atoms with Gasteiger partial charge in [0.2, 0.25) is 0 Å². The Morgan fingerprint density at radius 1 is 1.24 bits per heavy atom. The van der Waals surface area contributed by atoms with Crippen molar-refractivity contribution < 1.29 is 9.13 Å². The summed E-state index contributed by atoms with van der Waals surface area (Å²) in [5, 5.41) is 0. The van der Waals surface area contributed by atoms with Gasteiger partial charge < -0.3 is 4.74 Å². The zero-order chi connectivity index (χ0) is 14.8. The Labute approximate surface area is 137 Å². The molecule has 0 fully saturated rings. The molecule has 2 aromatic rings. The normalized spacial score (nSPS) is 18.1. The van der Waals surface area contributed by atoms with Gasteiger partial charge in [-0.15, -0.1) is 11.6 Å². The van der Waals surface area contributed by atoms with Crippen LogP contribution in [0.3, 0.4) is 0 Å². The zero-order valence-electron chi connectivity index (χ0n) is 11.4. The van der Waals surface area contributed by atoms with Gasteiger partial charge in [0.05, 0.1) is 0 Å². The lowest BCUT2D eigenvalue weighted by Gasteiger charge is -2.19. The number of hydrogen-bond donors (Lipinski definition) is 0. The minimum Gasteiger partial charge on any atom is -0.490 e. The summed E-state index contributed by atoms with van der Waals surface area (Å²) >= 11 is 9.57. The molecule has 1 heterocycles. The van der Waals surface area contributed by atoms with Crippen molar-refractivity contribution in [1.29, 1.82) is 0 Å². The van der Waals surface area contributed by atoms with Crippen LogP contribution in [-0.4, -0.2) is 12.0 Å². The van der Waals surface area contributed by atoms with Gasteiger partial charge in [-0.05, 0) is 42.3 Å². The molecule has 21 heavy (non-hydrogen) atoms. The average Bonchev–Trinajstić information content (AvgIpc) is 2.87. The second kappa shape index (κ2) is 6.37. The Bertz CT molecular complexity index is 629. The Hall–Kier alpha value is -1.06. The van der Waals surface area contributed by atoms with Crippen LogP contribution in [0.1, 0.15) is 23.5 Å². The van der Waals surface area contributed by atoms with Gasteiger partial charge >= 0.3 is 0 Å². The quantitative estimate of drug-likeness (QED) is 0.664. The molecule has 0 aliphatic carbocycles. The van der Waals surface area contributed by atoms with Crippen LogP contribution >= 0.6 is 27.5 Å². The van der Waals surface area contributed by atoms with Crippen molar-refractivity contribution in [3.8, 4) is 5.75 Å². The number of halogens is 3. The van der Waals surface area contributed by atoms with Crippen molar-refractivity contribution in [3.63, 3.8) is 0 Å². The summed E-state index contributed by atoms with van der Waals surface area (Å²) in [6, 6.07) is 12.9. The third-order valence-electron chi connectivity index (χ3n) is 3.84. The molecule has 0 bridgehead atoms. The Balaban J connectivity index is 1.70. The molecule has 2 unspecified atom stereocenters. The topological polar surface area (TPSA) is 9.23 Å². The van der Waals surface area contributed by atoms with E-state index in [0.717, 1.165) is 28.6 Å². The number of rotatable bonds is 4. The van der Waals surface area contributed by atoms with Crippen molar-refractivity contribution in [2.45, 2.75) is 24.9 Å². The van der Waals surface area contributed by atoms with Crippen molar-refractivity contribution >= 4 is 27.5 Å². The van der Waals surface area contributed by atoms with Crippen LogP contribution < -0.4 is 4.74 Å². The molecule has 1 aliphatic rings. The van der Waals surface area contributed by atoms with Crippen LogP contribution in [0.4, 0.5) is 4.39 Å². The summed E-state index contributed by atoms with van der Waals surface area (Å²) in [6.45, 7) is 0. The lowest BCUT2D eigenvalue weighted by Crippen LogP contribution is -2.18. The summed E-state index contributed by atoms with van der Waals surface area (Å²) in [6.07, 6.45) is 1.65. The predicted octanol–water partition coefficient (Wildman–Crippen LogP) is 5.30. The summed E-state index contributed by atoms with van der Waals surface area (Å²) in [5.74, 6) is 1.38. The molecule has 0 spiro atoms. The fraction of sp³-hybridized carbons (Fsp3) is 0.294. The van der Waals surface area contributed by atoms with E-state index in [-0.39, 0.29) is 17.8 Å². The second-order valence-electron chi connectivity index (χ2n) is 5.33. The minimum atomic E-state index is -0.209. The molecular weight excluding hydrogens is 355 g/mol. The fourth-order valence-electron chi connectivity index (χ4n) is 2.76. The first-order valence-electron chi connectivity index (χ1n) is 6.92. The molecule has 1 aliphatic heterocycles. The van der Waals surface area contributed by atoms with Crippen molar-refractivity contribution in [3.05, 3.63) is 63.9 Å². The first-order chi connectivity index (χ1) is 10.2. The molecule has 2 aromatic carbocycles. The van der Waals surface area contributed by atoms with Crippen LogP contribution in [0.2, 0.25) is 0 Å². The number of fused-ring (bicyclic) bond motifs is 1. The molecule has 0 amide bonds. The summed E-state index contributed by atoms with van der Waals surface area (Å²) in [4.78, 5) is 0. The predicted molar refractivity (Wildman–Crippen MR) is 86.7 cm³/mol. The molecule has 2 atom stereocenters.